The third-order valence-corrected chi connectivity index (χ3v) is 6.62. The second-order valence-corrected chi connectivity index (χ2v) is 8.79. The highest BCUT2D eigenvalue weighted by molar-refractivity contribution is 7.98. The van der Waals surface area contributed by atoms with Gasteiger partial charge in [0.05, 0.1) is 6.42 Å². The zero-order chi connectivity index (χ0) is 19.7. The van der Waals surface area contributed by atoms with Crippen LogP contribution in [-0.2, 0) is 17.8 Å². The number of hydrogen-bond donors (Lipinski definition) is 0. The van der Waals surface area contributed by atoms with Gasteiger partial charge in [0.25, 0.3) is 5.78 Å². The normalized spacial score (nSPS) is 15.5. The minimum absolute atomic E-state index is 0.160. The van der Waals surface area contributed by atoms with Crippen molar-refractivity contribution in [1.29, 1.82) is 0 Å². The summed E-state index contributed by atoms with van der Waals surface area (Å²) in [5, 5.41) is 7.28. The van der Waals surface area contributed by atoms with Crippen LogP contribution in [0, 0.1) is 13.8 Å². The molecule has 1 fully saturated rings. The van der Waals surface area contributed by atoms with Crippen molar-refractivity contribution in [1.82, 2.24) is 29.4 Å². The minimum Gasteiger partial charge on any atom is -0.340 e. The van der Waals surface area contributed by atoms with Crippen LogP contribution in [0.2, 0.25) is 0 Å². The Hall–Kier alpha value is -1.97. The summed E-state index contributed by atoms with van der Waals surface area (Å²) in [4.78, 5) is 27.7. The molecule has 1 saturated heterocycles. The van der Waals surface area contributed by atoms with Gasteiger partial charge in [0, 0.05) is 54.6 Å². The van der Waals surface area contributed by atoms with Crippen LogP contribution >= 0.6 is 23.1 Å². The number of aryl methyl sites for hydroxylation is 2. The standard InChI is InChI=1S/C19H24N6OS2/c1-13-16(14(2)25-18(20-13)21-19(22-25)27-3)11-17(26)24-8-6-23(7-9-24)12-15-5-4-10-28-15/h4-5,10H,6-9,11-12H2,1-3H3. The van der Waals surface area contributed by atoms with Crippen LogP contribution in [0.25, 0.3) is 5.78 Å². The lowest BCUT2D eigenvalue weighted by atomic mass is 10.1. The van der Waals surface area contributed by atoms with Crippen molar-refractivity contribution in [2.75, 3.05) is 32.4 Å². The van der Waals surface area contributed by atoms with Crippen LogP contribution in [-0.4, -0.2) is 67.7 Å². The molecule has 9 heteroatoms. The van der Waals surface area contributed by atoms with E-state index in [1.807, 2.05) is 25.0 Å². The van der Waals surface area contributed by atoms with E-state index in [0.717, 1.165) is 49.7 Å². The van der Waals surface area contributed by atoms with Crippen molar-refractivity contribution < 1.29 is 4.79 Å². The SMILES string of the molecule is CSc1nc2nc(C)c(CC(=O)N3CCN(Cc4cccs4)CC3)c(C)n2n1. The molecular formula is C19H24N6OS2. The average molecular weight is 417 g/mol. The van der Waals surface area contributed by atoms with E-state index < -0.39 is 0 Å². The summed E-state index contributed by atoms with van der Waals surface area (Å²) < 4.78 is 1.75. The van der Waals surface area contributed by atoms with Crippen LogP contribution in [0.15, 0.2) is 22.7 Å². The van der Waals surface area contributed by atoms with Gasteiger partial charge in [0.15, 0.2) is 0 Å². The van der Waals surface area contributed by atoms with Crippen molar-refractivity contribution in [3.63, 3.8) is 0 Å². The molecule has 0 spiro atoms. The number of carbonyl (C=O) groups excluding carboxylic acids is 1. The summed E-state index contributed by atoms with van der Waals surface area (Å²) in [5.74, 6) is 0.756. The highest BCUT2D eigenvalue weighted by Crippen LogP contribution is 2.19. The molecule has 3 aromatic rings. The minimum atomic E-state index is 0.160. The van der Waals surface area contributed by atoms with E-state index in [0.29, 0.717) is 17.4 Å². The fourth-order valence-corrected chi connectivity index (χ4v) is 4.66. The van der Waals surface area contributed by atoms with Gasteiger partial charge in [-0.15, -0.1) is 16.4 Å². The van der Waals surface area contributed by atoms with Gasteiger partial charge in [-0.3, -0.25) is 9.69 Å². The third kappa shape index (κ3) is 3.92. The molecule has 0 N–H and O–H groups in total. The van der Waals surface area contributed by atoms with Crippen molar-refractivity contribution in [3.05, 3.63) is 39.3 Å². The van der Waals surface area contributed by atoms with Crippen molar-refractivity contribution >= 4 is 34.8 Å². The molecule has 0 unspecified atom stereocenters. The summed E-state index contributed by atoms with van der Waals surface area (Å²) >= 11 is 3.28. The third-order valence-electron chi connectivity index (χ3n) is 5.22. The van der Waals surface area contributed by atoms with Gasteiger partial charge < -0.3 is 4.90 Å². The molecule has 148 valence electrons. The number of thiophene rings is 1. The zero-order valence-electron chi connectivity index (χ0n) is 16.4. The number of hydrogen-bond acceptors (Lipinski definition) is 7. The Morgan fingerprint density at radius 2 is 2.00 bits per heavy atom. The Morgan fingerprint density at radius 3 is 2.68 bits per heavy atom. The molecule has 1 amide bonds. The number of fused-ring (bicyclic) bond motifs is 1. The Kier molecular flexibility index (Phi) is 5.65. The summed E-state index contributed by atoms with van der Waals surface area (Å²) in [6.45, 7) is 8.29. The van der Waals surface area contributed by atoms with Gasteiger partial charge in [-0.05, 0) is 31.5 Å². The molecular weight excluding hydrogens is 392 g/mol. The number of amides is 1. The molecule has 4 rings (SSSR count). The number of nitrogens with zero attached hydrogens (tertiary/aromatic N) is 6. The maximum absolute atomic E-state index is 12.9. The average Bonchev–Trinajstić information content (AvgIpc) is 3.35. The highest BCUT2D eigenvalue weighted by atomic mass is 32.2. The van der Waals surface area contributed by atoms with Crippen LogP contribution in [0.4, 0.5) is 0 Å². The lowest BCUT2D eigenvalue weighted by Crippen LogP contribution is -2.48. The maximum atomic E-state index is 12.9. The zero-order valence-corrected chi connectivity index (χ0v) is 18.0. The van der Waals surface area contributed by atoms with E-state index in [4.69, 9.17) is 0 Å². The first kappa shape index (κ1) is 19.4. The molecule has 28 heavy (non-hydrogen) atoms. The van der Waals surface area contributed by atoms with Crippen LogP contribution in [0.1, 0.15) is 21.8 Å². The monoisotopic (exact) mass is 416 g/mol. The number of rotatable bonds is 5. The van der Waals surface area contributed by atoms with E-state index in [2.05, 4.69) is 37.5 Å². The maximum Gasteiger partial charge on any atom is 0.253 e. The van der Waals surface area contributed by atoms with E-state index >= 15 is 0 Å². The van der Waals surface area contributed by atoms with Gasteiger partial charge >= 0.3 is 0 Å². The summed E-state index contributed by atoms with van der Waals surface area (Å²) in [7, 11) is 0. The smallest absolute Gasteiger partial charge is 0.253 e. The number of piperazine rings is 1. The Bertz CT molecular complexity index is 976. The first-order valence-electron chi connectivity index (χ1n) is 9.34. The Labute approximate surface area is 172 Å². The lowest BCUT2D eigenvalue weighted by Gasteiger charge is -2.34. The highest BCUT2D eigenvalue weighted by Gasteiger charge is 2.23. The lowest BCUT2D eigenvalue weighted by molar-refractivity contribution is -0.132. The van der Waals surface area contributed by atoms with Gasteiger partial charge in [-0.1, -0.05) is 17.8 Å². The Morgan fingerprint density at radius 1 is 1.21 bits per heavy atom. The molecule has 3 aromatic heterocycles. The number of thioether (sulfide) groups is 1. The molecule has 0 bridgehead atoms. The summed E-state index contributed by atoms with van der Waals surface area (Å²) in [6, 6.07) is 4.26. The van der Waals surface area contributed by atoms with Gasteiger partial charge in [-0.2, -0.15) is 4.98 Å². The molecule has 0 radical (unpaired) electrons. The largest absolute Gasteiger partial charge is 0.340 e. The quantitative estimate of drug-likeness (QED) is 0.595. The van der Waals surface area contributed by atoms with Crippen molar-refractivity contribution in [3.8, 4) is 0 Å². The molecule has 0 aliphatic carbocycles. The van der Waals surface area contributed by atoms with Crippen molar-refractivity contribution in [2.45, 2.75) is 32.0 Å². The number of carbonyl (C=O) groups is 1. The van der Waals surface area contributed by atoms with E-state index in [9.17, 15) is 4.79 Å². The fraction of sp³-hybridized carbons (Fsp3) is 0.474. The number of aromatic nitrogens is 4. The van der Waals surface area contributed by atoms with E-state index in [1.165, 1.54) is 16.6 Å². The van der Waals surface area contributed by atoms with E-state index in [1.54, 1.807) is 15.9 Å². The van der Waals surface area contributed by atoms with E-state index in [-0.39, 0.29) is 5.91 Å². The van der Waals surface area contributed by atoms with Crippen molar-refractivity contribution in [2.24, 2.45) is 0 Å². The predicted octanol–water partition coefficient (Wildman–Crippen LogP) is 2.41. The molecule has 1 aliphatic heterocycles. The molecule has 0 atom stereocenters. The Balaban J connectivity index is 1.42. The fourth-order valence-electron chi connectivity index (χ4n) is 3.57. The molecule has 1 aliphatic rings. The van der Waals surface area contributed by atoms with Gasteiger partial charge in [0.1, 0.15) is 0 Å². The first-order chi connectivity index (χ1) is 13.5. The predicted molar refractivity (Wildman–Crippen MR) is 112 cm³/mol. The van der Waals surface area contributed by atoms with Crippen LogP contribution in [0.5, 0.6) is 0 Å². The van der Waals surface area contributed by atoms with Gasteiger partial charge in [0.2, 0.25) is 11.1 Å². The van der Waals surface area contributed by atoms with Gasteiger partial charge in [-0.25, -0.2) is 9.50 Å². The summed E-state index contributed by atoms with van der Waals surface area (Å²) in [5.41, 5.74) is 2.76. The second kappa shape index (κ2) is 8.18. The first-order valence-corrected chi connectivity index (χ1v) is 11.4. The molecule has 4 heterocycles. The summed E-state index contributed by atoms with van der Waals surface area (Å²) in [6.07, 6.45) is 2.31. The van der Waals surface area contributed by atoms with Crippen LogP contribution in [0.3, 0.4) is 0 Å². The van der Waals surface area contributed by atoms with Crippen LogP contribution < -0.4 is 0 Å². The second-order valence-electron chi connectivity index (χ2n) is 6.98. The topological polar surface area (TPSA) is 66.6 Å². The molecule has 7 nitrogen and oxygen atoms in total. The molecule has 0 saturated carbocycles. The molecule has 0 aromatic carbocycles.